The van der Waals surface area contributed by atoms with Gasteiger partial charge in [0, 0.05) is 5.56 Å². The van der Waals surface area contributed by atoms with E-state index in [1.54, 1.807) is 48.5 Å². The Hall–Kier alpha value is -3.48. The number of hydrogen-bond acceptors (Lipinski definition) is 5. The number of amides is 2. The Bertz CT molecular complexity index is 825. The number of carbonyl (C=O) groups is 3. The van der Waals surface area contributed by atoms with E-state index in [-0.39, 0.29) is 0 Å². The molecule has 120 valence electrons. The SMILES string of the molecule is O=C(O)COc1ccccc1/C=N\N1C(=O)c2ccccc2C1=O. The van der Waals surface area contributed by atoms with Crippen LogP contribution in [0.3, 0.4) is 0 Å². The first-order valence-electron chi connectivity index (χ1n) is 7.03. The first kappa shape index (κ1) is 15.4. The molecular formula is C17H12N2O5. The predicted molar refractivity (Wildman–Crippen MR) is 84.1 cm³/mol. The molecule has 0 spiro atoms. The number of aliphatic carboxylic acids is 1. The molecule has 7 heteroatoms. The Morgan fingerprint density at radius 2 is 1.62 bits per heavy atom. The molecule has 2 amide bonds. The molecule has 0 atom stereocenters. The second kappa shape index (κ2) is 6.33. The van der Waals surface area contributed by atoms with Crippen LogP contribution in [-0.4, -0.2) is 40.7 Å². The molecule has 1 aliphatic rings. The summed E-state index contributed by atoms with van der Waals surface area (Å²) in [6.07, 6.45) is 1.29. The Morgan fingerprint density at radius 1 is 1.04 bits per heavy atom. The van der Waals surface area contributed by atoms with Crippen LogP contribution in [0, 0.1) is 0 Å². The first-order chi connectivity index (χ1) is 11.6. The molecule has 1 aliphatic heterocycles. The van der Waals surface area contributed by atoms with Crippen LogP contribution in [0.2, 0.25) is 0 Å². The summed E-state index contributed by atoms with van der Waals surface area (Å²) in [7, 11) is 0. The molecule has 0 bridgehead atoms. The number of hydrazone groups is 1. The summed E-state index contributed by atoms with van der Waals surface area (Å²) >= 11 is 0. The van der Waals surface area contributed by atoms with Crippen molar-refractivity contribution in [2.45, 2.75) is 0 Å². The van der Waals surface area contributed by atoms with Gasteiger partial charge in [-0.1, -0.05) is 24.3 Å². The number of fused-ring (bicyclic) bond motifs is 1. The molecule has 1 heterocycles. The van der Waals surface area contributed by atoms with Gasteiger partial charge in [0.2, 0.25) is 0 Å². The first-order valence-corrected chi connectivity index (χ1v) is 7.03. The molecular weight excluding hydrogens is 312 g/mol. The molecule has 0 aromatic heterocycles. The minimum atomic E-state index is -1.11. The zero-order valence-corrected chi connectivity index (χ0v) is 12.4. The minimum Gasteiger partial charge on any atom is -0.481 e. The molecule has 1 N–H and O–H groups in total. The van der Waals surface area contributed by atoms with Gasteiger partial charge in [-0.3, -0.25) is 9.59 Å². The molecule has 3 rings (SSSR count). The molecule has 2 aromatic carbocycles. The van der Waals surface area contributed by atoms with E-state index in [9.17, 15) is 14.4 Å². The van der Waals surface area contributed by atoms with Gasteiger partial charge in [-0.2, -0.15) is 10.1 Å². The largest absolute Gasteiger partial charge is 0.481 e. The normalized spacial score (nSPS) is 13.4. The molecule has 0 fully saturated rings. The maximum absolute atomic E-state index is 12.2. The van der Waals surface area contributed by atoms with Crippen molar-refractivity contribution in [3.8, 4) is 5.75 Å². The summed E-state index contributed by atoms with van der Waals surface area (Å²) in [6.45, 7) is -0.502. The maximum Gasteiger partial charge on any atom is 0.341 e. The van der Waals surface area contributed by atoms with Crippen molar-refractivity contribution in [1.82, 2.24) is 5.01 Å². The lowest BCUT2D eigenvalue weighted by Crippen LogP contribution is -2.24. The third kappa shape index (κ3) is 2.87. The fraction of sp³-hybridized carbons (Fsp3) is 0.0588. The van der Waals surface area contributed by atoms with Crippen LogP contribution >= 0.6 is 0 Å². The number of ether oxygens (including phenoxy) is 1. The smallest absolute Gasteiger partial charge is 0.341 e. The van der Waals surface area contributed by atoms with Gasteiger partial charge in [0.05, 0.1) is 17.3 Å². The predicted octanol–water partition coefficient (Wildman–Crippen LogP) is 1.78. The second-order valence-electron chi connectivity index (χ2n) is 4.93. The maximum atomic E-state index is 12.2. The molecule has 0 unspecified atom stereocenters. The molecule has 0 saturated heterocycles. The van der Waals surface area contributed by atoms with Crippen LogP contribution in [0.25, 0.3) is 0 Å². The average molecular weight is 324 g/mol. The Labute approximate surface area is 136 Å². The Balaban J connectivity index is 1.84. The van der Waals surface area contributed by atoms with Gasteiger partial charge in [-0.05, 0) is 24.3 Å². The van der Waals surface area contributed by atoms with Gasteiger partial charge in [0.15, 0.2) is 6.61 Å². The number of carboxylic acid groups (broad SMARTS) is 1. The summed E-state index contributed by atoms with van der Waals surface area (Å²) in [6, 6.07) is 13.1. The summed E-state index contributed by atoms with van der Waals surface area (Å²) in [5.41, 5.74) is 1.06. The lowest BCUT2D eigenvalue weighted by Gasteiger charge is -2.08. The topological polar surface area (TPSA) is 96.3 Å². The quantitative estimate of drug-likeness (QED) is 0.668. The fourth-order valence-electron chi connectivity index (χ4n) is 2.26. The van der Waals surface area contributed by atoms with Gasteiger partial charge in [0.1, 0.15) is 5.75 Å². The van der Waals surface area contributed by atoms with E-state index in [1.165, 1.54) is 6.21 Å². The number of imide groups is 1. The van der Waals surface area contributed by atoms with Gasteiger partial charge >= 0.3 is 5.97 Å². The van der Waals surface area contributed by atoms with Crippen LogP contribution in [0.4, 0.5) is 0 Å². The van der Waals surface area contributed by atoms with Crippen LogP contribution < -0.4 is 4.74 Å². The number of carboxylic acids is 1. The molecule has 0 radical (unpaired) electrons. The van der Waals surface area contributed by atoms with E-state index in [4.69, 9.17) is 9.84 Å². The molecule has 0 aliphatic carbocycles. The zero-order valence-electron chi connectivity index (χ0n) is 12.4. The van der Waals surface area contributed by atoms with Crippen molar-refractivity contribution in [3.05, 3.63) is 65.2 Å². The monoisotopic (exact) mass is 324 g/mol. The molecule has 7 nitrogen and oxygen atoms in total. The van der Waals surface area contributed by atoms with Crippen molar-refractivity contribution in [2.75, 3.05) is 6.61 Å². The van der Waals surface area contributed by atoms with E-state index < -0.39 is 24.4 Å². The van der Waals surface area contributed by atoms with E-state index in [0.717, 1.165) is 5.01 Å². The third-order valence-corrected chi connectivity index (χ3v) is 3.36. The van der Waals surface area contributed by atoms with E-state index >= 15 is 0 Å². The number of benzene rings is 2. The van der Waals surface area contributed by atoms with Crippen molar-refractivity contribution >= 4 is 24.0 Å². The Morgan fingerprint density at radius 3 is 2.25 bits per heavy atom. The van der Waals surface area contributed by atoms with Crippen molar-refractivity contribution in [1.29, 1.82) is 0 Å². The highest BCUT2D eigenvalue weighted by atomic mass is 16.5. The van der Waals surface area contributed by atoms with Crippen LogP contribution in [-0.2, 0) is 4.79 Å². The number of para-hydroxylation sites is 1. The van der Waals surface area contributed by atoms with E-state index in [2.05, 4.69) is 5.10 Å². The highest BCUT2D eigenvalue weighted by molar-refractivity contribution is 6.21. The van der Waals surface area contributed by atoms with Gasteiger partial charge in [-0.15, -0.1) is 0 Å². The number of carbonyl (C=O) groups excluding carboxylic acids is 2. The lowest BCUT2D eigenvalue weighted by atomic mass is 10.1. The van der Waals surface area contributed by atoms with Gasteiger partial charge in [0.25, 0.3) is 11.8 Å². The second-order valence-corrected chi connectivity index (χ2v) is 4.93. The summed E-state index contributed by atoms with van der Waals surface area (Å²) in [4.78, 5) is 35.0. The van der Waals surface area contributed by atoms with Crippen LogP contribution in [0.15, 0.2) is 53.6 Å². The Kier molecular flexibility index (Phi) is 4.07. The van der Waals surface area contributed by atoms with E-state index in [0.29, 0.717) is 22.4 Å². The van der Waals surface area contributed by atoms with Crippen LogP contribution in [0.5, 0.6) is 5.75 Å². The summed E-state index contributed by atoms with van der Waals surface area (Å²) in [5, 5.41) is 13.4. The van der Waals surface area contributed by atoms with Crippen molar-refractivity contribution in [3.63, 3.8) is 0 Å². The lowest BCUT2D eigenvalue weighted by molar-refractivity contribution is -0.139. The number of nitrogens with zero attached hydrogens (tertiary/aromatic N) is 2. The molecule has 2 aromatic rings. The number of hydrogen-bond donors (Lipinski definition) is 1. The standard InChI is InChI=1S/C17H12N2O5/c20-15(21)10-24-14-8-4-1-5-11(14)9-18-19-16(22)12-6-2-3-7-13(12)17(19)23/h1-9H,10H2,(H,20,21)/b18-9-. The fourth-order valence-corrected chi connectivity index (χ4v) is 2.26. The van der Waals surface area contributed by atoms with Crippen LogP contribution in [0.1, 0.15) is 26.3 Å². The van der Waals surface area contributed by atoms with E-state index in [1.807, 2.05) is 0 Å². The molecule has 0 saturated carbocycles. The number of rotatable bonds is 5. The van der Waals surface area contributed by atoms with Gasteiger partial charge < -0.3 is 9.84 Å². The zero-order chi connectivity index (χ0) is 17.1. The third-order valence-electron chi connectivity index (χ3n) is 3.36. The minimum absolute atomic E-state index is 0.292. The summed E-state index contributed by atoms with van der Waals surface area (Å²) < 4.78 is 5.15. The highest BCUT2D eigenvalue weighted by Crippen LogP contribution is 2.23. The highest BCUT2D eigenvalue weighted by Gasteiger charge is 2.35. The van der Waals surface area contributed by atoms with Crippen molar-refractivity contribution in [2.24, 2.45) is 5.10 Å². The van der Waals surface area contributed by atoms with Crippen molar-refractivity contribution < 1.29 is 24.2 Å². The summed E-state index contributed by atoms with van der Waals surface area (Å²) in [5.74, 6) is -1.83. The molecule has 24 heavy (non-hydrogen) atoms. The average Bonchev–Trinajstić information content (AvgIpc) is 2.83. The van der Waals surface area contributed by atoms with Gasteiger partial charge in [-0.25, -0.2) is 4.79 Å².